The van der Waals surface area contributed by atoms with Gasteiger partial charge in [-0.25, -0.2) is 9.97 Å². The van der Waals surface area contributed by atoms with Crippen molar-refractivity contribution in [3.05, 3.63) is 17.5 Å². The fourth-order valence-electron chi connectivity index (χ4n) is 1.70. The summed E-state index contributed by atoms with van der Waals surface area (Å²) < 4.78 is 0. The number of rotatable bonds is 6. The number of hydrogen-bond donors (Lipinski definition) is 2. The standard InChI is InChI=1S/C13H22N4OS/c1-9-8-10(2)16-12(15-9)19-7-5-6-13(3,4)11(14)17-18/h8,18H,5-7H2,1-4H3,(H2,14,17). The summed E-state index contributed by atoms with van der Waals surface area (Å²) >= 11 is 1.64. The molecule has 5 nitrogen and oxygen atoms in total. The van der Waals surface area contributed by atoms with E-state index in [4.69, 9.17) is 10.9 Å². The second kappa shape index (κ2) is 6.75. The van der Waals surface area contributed by atoms with Gasteiger partial charge in [0, 0.05) is 22.6 Å². The molecule has 1 rings (SSSR count). The molecule has 0 aromatic carbocycles. The van der Waals surface area contributed by atoms with Crippen molar-refractivity contribution >= 4 is 17.6 Å². The predicted octanol–water partition coefficient (Wildman–Crippen LogP) is 2.74. The highest BCUT2D eigenvalue weighted by Crippen LogP contribution is 2.25. The van der Waals surface area contributed by atoms with Crippen molar-refractivity contribution in [2.75, 3.05) is 5.75 Å². The average molecular weight is 282 g/mol. The van der Waals surface area contributed by atoms with Crippen LogP contribution in [0.25, 0.3) is 0 Å². The lowest BCUT2D eigenvalue weighted by atomic mass is 9.87. The number of thioether (sulfide) groups is 1. The number of amidine groups is 1. The van der Waals surface area contributed by atoms with E-state index in [-0.39, 0.29) is 11.3 Å². The van der Waals surface area contributed by atoms with Gasteiger partial charge >= 0.3 is 0 Å². The van der Waals surface area contributed by atoms with E-state index in [1.165, 1.54) is 0 Å². The van der Waals surface area contributed by atoms with Crippen LogP contribution >= 0.6 is 11.8 Å². The lowest BCUT2D eigenvalue weighted by Crippen LogP contribution is -2.31. The molecule has 106 valence electrons. The highest BCUT2D eigenvalue weighted by Gasteiger charge is 2.22. The zero-order chi connectivity index (χ0) is 14.5. The Morgan fingerprint density at radius 1 is 1.37 bits per heavy atom. The van der Waals surface area contributed by atoms with Crippen LogP contribution in [-0.4, -0.2) is 26.8 Å². The molecule has 0 aliphatic carbocycles. The van der Waals surface area contributed by atoms with E-state index >= 15 is 0 Å². The van der Waals surface area contributed by atoms with E-state index in [0.717, 1.165) is 35.1 Å². The van der Waals surface area contributed by atoms with Crippen molar-refractivity contribution in [1.82, 2.24) is 9.97 Å². The van der Waals surface area contributed by atoms with Crippen molar-refractivity contribution in [1.29, 1.82) is 0 Å². The Balaban J connectivity index is 2.43. The van der Waals surface area contributed by atoms with Gasteiger partial charge in [-0.2, -0.15) is 0 Å². The van der Waals surface area contributed by atoms with Crippen molar-refractivity contribution in [2.45, 2.75) is 45.7 Å². The minimum atomic E-state index is -0.279. The molecule has 0 unspecified atom stereocenters. The van der Waals surface area contributed by atoms with Gasteiger partial charge in [-0.15, -0.1) is 0 Å². The van der Waals surface area contributed by atoms with Gasteiger partial charge < -0.3 is 10.9 Å². The molecule has 0 radical (unpaired) electrons. The molecule has 0 saturated carbocycles. The summed E-state index contributed by atoms with van der Waals surface area (Å²) in [4.78, 5) is 8.77. The van der Waals surface area contributed by atoms with Gasteiger partial charge in [-0.3, -0.25) is 0 Å². The van der Waals surface area contributed by atoms with Crippen LogP contribution in [0.5, 0.6) is 0 Å². The molecule has 0 bridgehead atoms. The van der Waals surface area contributed by atoms with Gasteiger partial charge in [-0.1, -0.05) is 30.8 Å². The monoisotopic (exact) mass is 282 g/mol. The number of aromatic nitrogens is 2. The second-order valence-corrected chi connectivity index (χ2v) is 6.32. The number of nitrogens with two attached hydrogens (primary N) is 1. The quantitative estimate of drug-likeness (QED) is 0.159. The van der Waals surface area contributed by atoms with Crippen molar-refractivity contribution in [3.8, 4) is 0 Å². The Morgan fingerprint density at radius 3 is 2.47 bits per heavy atom. The second-order valence-electron chi connectivity index (χ2n) is 5.25. The fraction of sp³-hybridized carbons (Fsp3) is 0.615. The molecule has 0 atom stereocenters. The van der Waals surface area contributed by atoms with Gasteiger partial charge in [0.05, 0.1) is 0 Å². The molecular formula is C13H22N4OS. The van der Waals surface area contributed by atoms with Gasteiger partial charge in [0.2, 0.25) is 0 Å². The van der Waals surface area contributed by atoms with Crippen LogP contribution in [0.15, 0.2) is 16.4 Å². The number of oxime groups is 1. The van der Waals surface area contributed by atoms with Crippen LogP contribution in [-0.2, 0) is 0 Å². The molecule has 1 aromatic rings. The first kappa shape index (κ1) is 15.8. The van der Waals surface area contributed by atoms with E-state index in [1.807, 2.05) is 33.8 Å². The molecule has 1 aromatic heterocycles. The summed E-state index contributed by atoms with van der Waals surface area (Å²) in [6.07, 6.45) is 1.82. The zero-order valence-electron chi connectivity index (χ0n) is 12.0. The largest absolute Gasteiger partial charge is 0.409 e. The predicted molar refractivity (Wildman–Crippen MR) is 78.7 cm³/mol. The number of nitrogens with zero attached hydrogens (tertiary/aromatic N) is 3. The van der Waals surface area contributed by atoms with Crippen molar-refractivity contribution in [2.24, 2.45) is 16.3 Å². The van der Waals surface area contributed by atoms with Crippen LogP contribution < -0.4 is 5.73 Å². The molecule has 0 spiro atoms. The Morgan fingerprint density at radius 2 is 1.95 bits per heavy atom. The third-order valence-electron chi connectivity index (χ3n) is 2.94. The Labute approximate surface area is 118 Å². The van der Waals surface area contributed by atoms with Crippen LogP contribution in [0.2, 0.25) is 0 Å². The highest BCUT2D eigenvalue weighted by atomic mass is 32.2. The molecule has 1 heterocycles. The Kier molecular flexibility index (Phi) is 5.60. The maximum Gasteiger partial charge on any atom is 0.187 e. The normalized spacial score (nSPS) is 12.7. The van der Waals surface area contributed by atoms with Crippen molar-refractivity contribution < 1.29 is 5.21 Å². The molecule has 0 fully saturated rings. The first-order valence-corrected chi connectivity index (χ1v) is 7.27. The zero-order valence-corrected chi connectivity index (χ0v) is 12.8. The maximum atomic E-state index is 8.70. The summed E-state index contributed by atoms with van der Waals surface area (Å²) in [6, 6.07) is 1.96. The summed E-state index contributed by atoms with van der Waals surface area (Å²) in [5, 5.41) is 12.6. The van der Waals surface area contributed by atoms with E-state index in [9.17, 15) is 0 Å². The first-order valence-electron chi connectivity index (χ1n) is 6.28. The van der Waals surface area contributed by atoms with E-state index in [1.54, 1.807) is 11.8 Å². The fourth-order valence-corrected chi connectivity index (χ4v) is 2.59. The minimum Gasteiger partial charge on any atom is -0.409 e. The highest BCUT2D eigenvalue weighted by molar-refractivity contribution is 7.99. The Bertz CT molecular complexity index is 440. The minimum absolute atomic E-state index is 0.278. The van der Waals surface area contributed by atoms with Crippen LogP contribution in [0.3, 0.4) is 0 Å². The molecule has 0 amide bonds. The van der Waals surface area contributed by atoms with Crippen LogP contribution in [0.1, 0.15) is 38.1 Å². The van der Waals surface area contributed by atoms with Gasteiger partial charge in [0.15, 0.2) is 5.16 Å². The molecule has 6 heteroatoms. The van der Waals surface area contributed by atoms with E-state index in [2.05, 4.69) is 15.1 Å². The van der Waals surface area contributed by atoms with Crippen molar-refractivity contribution in [3.63, 3.8) is 0 Å². The van der Waals surface area contributed by atoms with E-state index < -0.39 is 0 Å². The third kappa shape index (κ3) is 5.06. The smallest absolute Gasteiger partial charge is 0.187 e. The number of aryl methyl sites for hydroxylation is 2. The average Bonchev–Trinajstić information content (AvgIpc) is 2.32. The van der Waals surface area contributed by atoms with Gasteiger partial charge in [0.25, 0.3) is 0 Å². The van der Waals surface area contributed by atoms with Gasteiger partial charge in [0.1, 0.15) is 5.84 Å². The lowest BCUT2D eigenvalue weighted by Gasteiger charge is -2.22. The maximum absolute atomic E-state index is 8.70. The summed E-state index contributed by atoms with van der Waals surface area (Å²) in [5.74, 6) is 1.20. The number of hydrogen-bond acceptors (Lipinski definition) is 5. The lowest BCUT2D eigenvalue weighted by molar-refractivity contribution is 0.305. The molecule has 19 heavy (non-hydrogen) atoms. The van der Waals surface area contributed by atoms with E-state index in [0.29, 0.717) is 0 Å². The molecule has 3 N–H and O–H groups in total. The molecule has 0 aliphatic rings. The summed E-state index contributed by atoms with van der Waals surface area (Å²) in [6.45, 7) is 7.89. The molecular weight excluding hydrogens is 260 g/mol. The third-order valence-corrected chi connectivity index (χ3v) is 3.87. The topological polar surface area (TPSA) is 84.4 Å². The summed E-state index contributed by atoms with van der Waals surface area (Å²) in [7, 11) is 0. The summed E-state index contributed by atoms with van der Waals surface area (Å²) in [5.41, 5.74) is 7.36. The molecule has 0 saturated heterocycles. The molecule has 0 aliphatic heterocycles. The SMILES string of the molecule is Cc1cc(C)nc(SCCCC(C)(C)C(N)=NO)n1. The Hall–Kier alpha value is -1.30. The van der Waals surface area contributed by atoms with Crippen LogP contribution in [0, 0.1) is 19.3 Å². The van der Waals surface area contributed by atoms with Gasteiger partial charge in [-0.05, 0) is 32.8 Å². The first-order chi connectivity index (χ1) is 8.85. The van der Waals surface area contributed by atoms with Crippen LogP contribution in [0.4, 0.5) is 0 Å².